The molecular weight excluding hydrogens is 544 g/mol. The van der Waals surface area contributed by atoms with Crippen molar-refractivity contribution >= 4 is 35.0 Å². The number of aryl methyl sites for hydroxylation is 1. The molecule has 0 saturated carbocycles. The van der Waals surface area contributed by atoms with Crippen LogP contribution in [0.5, 0.6) is 0 Å². The molecule has 1 fully saturated rings. The summed E-state index contributed by atoms with van der Waals surface area (Å²) in [6.07, 6.45) is -5.02. The molecule has 41 heavy (non-hydrogen) atoms. The summed E-state index contributed by atoms with van der Waals surface area (Å²) in [5.74, 6) is -2.49. The number of alkyl halides is 3. The van der Waals surface area contributed by atoms with E-state index in [9.17, 15) is 37.4 Å². The van der Waals surface area contributed by atoms with Gasteiger partial charge in [-0.25, -0.2) is 14.2 Å². The first-order chi connectivity index (χ1) is 19.4. The van der Waals surface area contributed by atoms with Crippen molar-refractivity contribution in [2.75, 3.05) is 42.5 Å². The van der Waals surface area contributed by atoms with Crippen molar-refractivity contribution in [3.8, 4) is 0 Å². The minimum atomic E-state index is -4.63. The van der Waals surface area contributed by atoms with Gasteiger partial charge in [0, 0.05) is 44.1 Å². The van der Waals surface area contributed by atoms with E-state index in [4.69, 9.17) is 4.99 Å². The molecule has 3 aromatic carbocycles. The van der Waals surface area contributed by atoms with E-state index in [0.29, 0.717) is 31.7 Å². The van der Waals surface area contributed by atoms with E-state index in [1.165, 1.54) is 41.3 Å². The van der Waals surface area contributed by atoms with Gasteiger partial charge in [-0.1, -0.05) is 12.1 Å². The second kappa shape index (κ2) is 12.3. The number of aromatic carboxylic acids is 1. The SMILES string of the molecule is Cc1ccc(C(=O)O)cc1/N=C(/N1CCN(c2ccc(F)cc2)CC1)N(CCC(=O)O)c1cccc(C(F)(F)F)c1. The average Bonchev–Trinajstić information content (AvgIpc) is 2.93. The van der Waals surface area contributed by atoms with Crippen LogP contribution in [0.15, 0.2) is 71.7 Å². The molecule has 0 radical (unpaired) electrons. The molecule has 0 spiro atoms. The van der Waals surface area contributed by atoms with Crippen molar-refractivity contribution in [3.05, 3.63) is 89.2 Å². The zero-order valence-electron chi connectivity index (χ0n) is 22.1. The number of halogens is 4. The van der Waals surface area contributed by atoms with Crippen LogP contribution in [-0.4, -0.2) is 65.7 Å². The lowest BCUT2D eigenvalue weighted by Gasteiger charge is -2.41. The van der Waals surface area contributed by atoms with Crippen molar-refractivity contribution in [3.63, 3.8) is 0 Å². The van der Waals surface area contributed by atoms with E-state index in [1.54, 1.807) is 25.1 Å². The number of carboxylic acid groups (broad SMARTS) is 2. The van der Waals surface area contributed by atoms with Crippen molar-refractivity contribution in [2.45, 2.75) is 19.5 Å². The van der Waals surface area contributed by atoms with Crippen LogP contribution in [0.2, 0.25) is 0 Å². The fourth-order valence-corrected chi connectivity index (χ4v) is 4.49. The molecule has 8 nitrogen and oxygen atoms in total. The number of carbonyl (C=O) groups is 2. The van der Waals surface area contributed by atoms with Crippen LogP contribution in [-0.2, 0) is 11.0 Å². The lowest BCUT2D eigenvalue weighted by atomic mass is 10.1. The number of nitrogens with zero attached hydrogens (tertiary/aromatic N) is 4. The predicted octanol–water partition coefficient (Wildman–Crippen LogP) is 5.64. The molecule has 0 aliphatic carbocycles. The summed E-state index contributed by atoms with van der Waals surface area (Å²) in [6, 6.07) is 14.9. The van der Waals surface area contributed by atoms with Crippen LogP contribution < -0.4 is 9.80 Å². The van der Waals surface area contributed by atoms with Crippen LogP contribution in [0, 0.1) is 12.7 Å². The maximum atomic E-state index is 13.6. The summed E-state index contributed by atoms with van der Waals surface area (Å²) in [5, 5.41) is 18.9. The fraction of sp³-hybridized carbons (Fsp3) is 0.276. The minimum absolute atomic E-state index is 0.0222. The first-order valence-electron chi connectivity index (χ1n) is 12.8. The monoisotopic (exact) mass is 572 g/mol. The fourth-order valence-electron chi connectivity index (χ4n) is 4.49. The summed E-state index contributed by atoms with van der Waals surface area (Å²) < 4.78 is 54.3. The molecule has 12 heteroatoms. The number of rotatable bonds is 7. The normalized spacial score (nSPS) is 14.2. The van der Waals surface area contributed by atoms with Gasteiger partial charge in [0.25, 0.3) is 0 Å². The molecule has 1 aliphatic rings. The Labute approximate surface area is 233 Å². The average molecular weight is 573 g/mol. The lowest BCUT2D eigenvalue weighted by molar-refractivity contribution is -0.138. The predicted molar refractivity (Wildman–Crippen MR) is 146 cm³/mol. The Bertz CT molecular complexity index is 1440. The van der Waals surface area contributed by atoms with Crippen LogP contribution in [0.1, 0.15) is 27.9 Å². The number of anilines is 2. The van der Waals surface area contributed by atoms with E-state index < -0.39 is 23.7 Å². The van der Waals surface area contributed by atoms with Gasteiger partial charge in [-0.2, -0.15) is 13.2 Å². The van der Waals surface area contributed by atoms with Crippen molar-refractivity contribution < 1.29 is 37.4 Å². The van der Waals surface area contributed by atoms with E-state index >= 15 is 0 Å². The third-order valence-corrected chi connectivity index (χ3v) is 6.71. The number of hydrogen-bond acceptors (Lipinski definition) is 4. The largest absolute Gasteiger partial charge is 0.481 e. The first-order valence-corrected chi connectivity index (χ1v) is 12.8. The van der Waals surface area contributed by atoms with Gasteiger partial charge >= 0.3 is 18.1 Å². The number of guanidine groups is 1. The second-order valence-corrected chi connectivity index (χ2v) is 9.51. The van der Waals surface area contributed by atoms with Gasteiger partial charge in [-0.3, -0.25) is 4.79 Å². The Morgan fingerprint density at radius 1 is 0.951 bits per heavy atom. The highest BCUT2D eigenvalue weighted by Gasteiger charge is 2.32. The van der Waals surface area contributed by atoms with E-state index in [2.05, 4.69) is 0 Å². The maximum absolute atomic E-state index is 13.6. The van der Waals surface area contributed by atoms with Gasteiger partial charge in [0.15, 0.2) is 0 Å². The molecule has 2 N–H and O–H groups in total. The molecule has 3 aromatic rings. The smallest absolute Gasteiger partial charge is 0.416 e. The Morgan fingerprint density at radius 3 is 2.24 bits per heavy atom. The topological polar surface area (TPSA) is 96.7 Å². The summed E-state index contributed by atoms with van der Waals surface area (Å²) in [7, 11) is 0. The zero-order valence-corrected chi connectivity index (χ0v) is 22.1. The molecule has 1 saturated heterocycles. The van der Waals surface area contributed by atoms with Gasteiger partial charge in [0.2, 0.25) is 5.96 Å². The van der Waals surface area contributed by atoms with Gasteiger partial charge in [-0.15, -0.1) is 0 Å². The van der Waals surface area contributed by atoms with Gasteiger partial charge < -0.3 is 24.9 Å². The molecule has 1 heterocycles. The van der Waals surface area contributed by atoms with Crippen LogP contribution in [0.4, 0.5) is 34.6 Å². The Kier molecular flexibility index (Phi) is 8.80. The Morgan fingerprint density at radius 2 is 1.63 bits per heavy atom. The van der Waals surface area contributed by atoms with Crippen LogP contribution in [0.3, 0.4) is 0 Å². The molecule has 0 amide bonds. The lowest BCUT2D eigenvalue weighted by Crippen LogP contribution is -2.54. The highest BCUT2D eigenvalue weighted by Crippen LogP contribution is 2.33. The number of aliphatic carboxylic acids is 1. The van der Waals surface area contributed by atoms with Gasteiger partial charge in [0.1, 0.15) is 5.82 Å². The molecule has 1 aliphatic heterocycles. The molecule has 0 atom stereocenters. The summed E-state index contributed by atoms with van der Waals surface area (Å²) in [6.45, 7) is 3.18. The number of benzene rings is 3. The van der Waals surface area contributed by atoms with Gasteiger partial charge in [-0.05, 0) is 67.1 Å². The van der Waals surface area contributed by atoms with Gasteiger partial charge in [0.05, 0.1) is 23.2 Å². The summed E-state index contributed by atoms with van der Waals surface area (Å²) >= 11 is 0. The molecule has 216 valence electrons. The molecule has 4 rings (SSSR count). The summed E-state index contributed by atoms with van der Waals surface area (Å²) in [4.78, 5) is 33.2. The third-order valence-electron chi connectivity index (χ3n) is 6.71. The second-order valence-electron chi connectivity index (χ2n) is 9.51. The van der Waals surface area contributed by atoms with E-state index in [0.717, 1.165) is 17.8 Å². The number of hydrogen-bond donors (Lipinski definition) is 2. The zero-order chi connectivity index (χ0) is 29.7. The van der Waals surface area contributed by atoms with E-state index in [1.807, 2.05) is 9.80 Å². The number of carboxylic acids is 2. The van der Waals surface area contributed by atoms with Crippen molar-refractivity contribution in [1.29, 1.82) is 0 Å². The standard InChI is InChI=1S/C29H28F4N4O4/c1-19-5-6-20(27(40)41)17-25(19)34-28(36-15-13-35(14-16-36)23-9-7-22(30)8-10-23)37(12-11-26(38)39)24-4-2-3-21(18-24)29(31,32)33/h2-10,17-18H,11-16H2,1H3,(H,38,39)(H,40,41)/b34-28-. The van der Waals surface area contributed by atoms with Crippen molar-refractivity contribution in [1.82, 2.24) is 4.90 Å². The third kappa shape index (κ3) is 7.33. The number of piperazine rings is 1. The van der Waals surface area contributed by atoms with Crippen LogP contribution >= 0.6 is 0 Å². The quantitative estimate of drug-likeness (QED) is 0.215. The summed E-state index contributed by atoms with van der Waals surface area (Å²) in [5.41, 5.74) is 0.877. The molecule has 0 unspecified atom stereocenters. The first kappa shape index (κ1) is 29.4. The molecule has 0 aromatic heterocycles. The minimum Gasteiger partial charge on any atom is -0.481 e. The Balaban J connectivity index is 1.78. The van der Waals surface area contributed by atoms with Crippen molar-refractivity contribution in [2.24, 2.45) is 4.99 Å². The highest BCUT2D eigenvalue weighted by atomic mass is 19.4. The highest BCUT2D eigenvalue weighted by molar-refractivity contribution is 5.99. The Hall–Kier alpha value is -4.61. The maximum Gasteiger partial charge on any atom is 0.416 e. The van der Waals surface area contributed by atoms with E-state index in [-0.39, 0.29) is 41.7 Å². The number of aliphatic imine (C=N–C) groups is 1. The molecular formula is C29H28F4N4O4. The molecule has 0 bridgehead atoms. The van der Waals surface area contributed by atoms with Crippen LogP contribution in [0.25, 0.3) is 0 Å².